The quantitative estimate of drug-likeness (QED) is 0.0591. The Morgan fingerprint density at radius 2 is 1.40 bits per heavy atom. The molecule has 42 heavy (non-hydrogen) atoms. The first-order valence-corrected chi connectivity index (χ1v) is 14.0. The largest absolute Gasteiger partial charge is 0.481 e. The SMILES string of the molecule is COC(COCCOCCCC(=O)COCCOCCNC(=O)CCC(CC(=O)CC(=O)O)C(=O)OC(C)(C)C)OC. The lowest BCUT2D eigenvalue weighted by molar-refractivity contribution is -0.162. The lowest BCUT2D eigenvalue weighted by Gasteiger charge is -2.23. The molecule has 0 spiro atoms. The molecule has 0 fully saturated rings. The van der Waals surface area contributed by atoms with E-state index in [1.807, 2.05) is 0 Å². The fourth-order valence-electron chi connectivity index (χ4n) is 3.34. The van der Waals surface area contributed by atoms with Gasteiger partial charge in [-0.3, -0.25) is 24.0 Å². The van der Waals surface area contributed by atoms with E-state index in [4.69, 9.17) is 38.3 Å². The molecule has 14 heteroatoms. The van der Waals surface area contributed by atoms with Crippen LogP contribution in [0.1, 0.15) is 59.3 Å². The molecule has 0 rings (SSSR count). The molecule has 0 saturated heterocycles. The van der Waals surface area contributed by atoms with Crippen LogP contribution in [0.15, 0.2) is 0 Å². The van der Waals surface area contributed by atoms with E-state index in [0.717, 1.165) is 0 Å². The zero-order chi connectivity index (χ0) is 31.8. The highest BCUT2D eigenvalue weighted by Gasteiger charge is 2.28. The van der Waals surface area contributed by atoms with Gasteiger partial charge in [-0.25, -0.2) is 0 Å². The van der Waals surface area contributed by atoms with E-state index in [0.29, 0.717) is 39.3 Å². The number of carbonyl (C=O) groups excluding carboxylic acids is 4. The van der Waals surface area contributed by atoms with Gasteiger partial charge in [0, 0.05) is 46.6 Å². The number of ketones is 2. The molecule has 0 aliphatic heterocycles. The number of carboxylic acids is 1. The average Bonchev–Trinajstić information content (AvgIpc) is 2.90. The van der Waals surface area contributed by atoms with Crippen LogP contribution in [0.2, 0.25) is 0 Å². The zero-order valence-corrected chi connectivity index (χ0v) is 25.6. The first-order chi connectivity index (χ1) is 19.9. The van der Waals surface area contributed by atoms with Crippen molar-refractivity contribution in [2.45, 2.75) is 71.2 Å². The number of hydrogen-bond acceptors (Lipinski definition) is 12. The highest BCUT2D eigenvalue weighted by Crippen LogP contribution is 2.19. The molecule has 0 aliphatic carbocycles. The molecule has 0 bridgehead atoms. The third-order valence-electron chi connectivity index (χ3n) is 5.38. The second kappa shape index (κ2) is 24.0. The van der Waals surface area contributed by atoms with Gasteiger partial charge < -0.3 is 43.6 Å². The Morgan fingerprint density at radius 3 is 2.02 bits per heavy atom. The highest BCUT2D eigenvalue weighted by atomic mass is 16.7. The fourth-order valence-corrected chi connectivity index (χ4v) is 3.34. The van der Waals surface area contributed by atoms with Crippen LogP contribution in [0.3, 0.4) is 0 Å². The molecule has 14 nitrogen and oxygen atoms in total. The number of hydrogen-bond donors (Lipinski definition) is 2. The van der Waals surface area contributed by atoms with Crippen molar-refractivity contribution < 1.29 is 62.2 Å². The maximum absolute atomic E-state index is 12.4. The Hall–Kier alpha value is -2.49. The molecule has 0 radical (unpaired) electrons. The second-order valence-electron chi connectivity index (χ2n) is 10.3. The Bertz CT molecular complexity index is 793. The number of aliphatic carboxylic acids is 1. The van der Waals surface area contributed by atoms with Gasteiger partial charge in [-0.1, -0.05) is 0 Å². The van der Waals surface area contributed by atoms with Crippen LogP contribution in [0.25, 0.3) is 0 Å². The third kappa shape index (κ3) is 24.1. The summed E-state index contributed by atoms with van der Waals surface area (Å²) in [7, 11) is 3.06. The predicted octanol–water partition coefficient (Wildman–Crippen LogP) is 1.31. The minimum Gasteiger partial charge on any atom is -0.481 e. The van der Waals surface area contributed by atoms with Crippen molar-refractivity contribution in [3.8, 4) is 0 Å². The van der Waals surface area contributed by atoms with Crippen molar-refractivity contribution >= 4 is 29.4 Å². The topological polar surface area (TPSA) is 182 Å². The summed E-state index contributed by atoms with van der Waals surface area (Å²) in [6.45, 7) is 7.46. The number of rotatable bonds is 27. The molecule has 1 amide bonds. The minimum absolute atomic E-state index is 0.0214. The van der Waals surface area contributed by atoms with Crippen molar-refractivity contribution in [2.24, 2.45) is 5.92 Å². The Kier molecular flexibility index (Phi) is 22.6. The van der Waals surface area contributed by atoms with E-state index in [1.165, 1.54) is 14.2 Å². The number of nitrogens with one attached hydrogen (secondary N) is 1. The van der Waals surface area contributed by atoms with Crippen LogP contribution >= 0.6 is 0 Å². The molecule has 0 aromatic rings. The monoisotopic (exact) mass is 607 g/mol. The molecule has 0 aromatic carbocycles. The van der Waals surface area contributed by atoms with Gasteiger partial charge in [0.2, 0.25) is 5.91 Å². The third-order valence-corrected chi connectivity index (χ3v) is 5.38. The van der Waals surface area contributed by atoms with Crippen LogP contribution < -0.4 is 5.32 Å². The summed E-state index contributed by atoms with van der Waals surface area (Å²) < 4.78 is 36.7. The number of ether oxygens (including phenoxy) is 7. The van der Waals surface area contributed by atoms with Gasteiger partial charge in [0.15, 0.2) is 12.1 Å². The highest BCUT2D eigenvalue weighted by molar-refractivity contribution is 5.96. The van der Waals surface area contributed by atoms with Gasteiger partial charge in [-0.2, -0.15) is 0 Å². The minimum atomic E-state index is -1.28. The second-order valence-corrected chi connectivity index (χ2v) is 10.3. The van der Waals surface area contributed by atoms with Crippen LogP contribution in [0.5, 0.6) is 0 Å². The van der Waals surface area contributed by atoms with Gasteiger partial charge in [-0.05, 0) is 33.6 Å². The predicted molar refractivity (Wildman–Crippen MR) is 149 cm³/mol. The maximum atomic E-state index is 12.4. The molecule has 0 heterocycles. The van der Waals surface area contributed by atoms with Crippen molar-refractivity contribution in [1.82, 2.24) is 5.32 Å². The van der Waals surface area contributed by atoms with E-state index in [1.54, 1.807) is 20.8 Å². The molecule has 2 N–H and O–H groups in total. The molecule has 0 saturated carbocycles. The summed E-state index contributed by atoms with van der Waals surface area (Å²) in [6.07, 6.45) is -0.499. The smallest absolute Gasteiger partial charge is 0.310 e. The number of Topliss-reactive ketones (excluding diaryl/α,β-unsaturated/α-hetero) is 2. The van der Waals surface area contributed by atoms with Crippen molar-refractivity contribution in [3.05, 3.63) is 0 Å². The number of esters is 1. The van der Waals surface area contributed by atoms with Crippen LogP contribution in [0.4, 0.5) is 0 Å². The maximum Gasteiger partial charge on any atom is 0.310 e. The van der Waals surface area contributed by atoms with Gasteiger partial charge in [0.25, 0.3) is 0 Å². The summed E-state index contributed by atoms with van der Waals surface area (Å²) in [6, 6.07) is 0. The van der Waals surface area contributed by atoms with E-state index in [2.05, 4.69) is 5.32 Å². The van der Waals surface area contributed by atoms with Gasteiger partial charge in [0.05, 0.1) is 45.6 Å². The molecule has 244 valence electrons. The van der Waals surface area contributed by atoms with E-state index >= 15 is 0 Å². The molecular weight excluding hydrogens is 558 g/mol. The average molecular weight is 608 g/mol. The van der Waals surface area contributed by atoms with E-state index in [9.17, 15) is 24.0 Å². The zero-order valence-electron chi connectivity index (χ0n) is 25.6. The molecule has 0 aromatic heterocycles. The fraction of sp³-hybridized carbons (Fsp3) is 0.821. The standard InChI is InChI=1S/C28H49NO13/c1-28(2,3)42-27(35)21(17-23(31)18-25(33)34)8-9-24(32)29-10-12-39-14-15-40-19-22(30)7-6-11-38-13-16-41-20-26(36-4)37-5/h21,26H,6-20H2,1-5H3,(H,29,32)(H,33,34). The molecule has 1 atom stereocenters. The van der Waals surface area contributed by atoms with Gasteiger partial charge >= 0.3 is 11.9 Å². The Morgan fingerprint density at radius 1 is 0.786 bits per heavy atom. The van der Waals surface area contributed by atoms with Gasteiger partial charge in [0.1, 0.15) is 24.4 Å². The van der Waals surface area contributed by atoms with Crippen molar-refractivity contribution in [2.75, 3.05) is 73.6 Å². The van der Waals surface area contributed by atoms with Crippen molar-refractivity contribution in [1.29, 1.82) is 0 Å². The Balaban J connectivity index is 3.91. The molecule has 0 aliphatic rings. The molecule has 1 unspecified atom stereocenters. The first-order valence-electron chi connectivity index (χ1n) is 14.0. The summed E-state index contributed by atoms with van der Waals surface area (Å²) in [5.74, 6) is -3.84. The Labute approximate surface area is 248 Å². The van der Waals surface area contributed by atoms with Crippen molar-refractivity contribution in [3.63, 3.8) is 0 Å². The number of methoxy groups -OCH3 is 2. The number of amides is 1. The summed E-state index contributed by atoms with van der Waals surface area (Å²) in [5.41, 5.74) is -0.785. The van der Waals surface area contributed by atoms with Crippen LogP contribution in [-0.2, 0) is 57.1 Å². The van der Waals surface area contributed by atoms with E-state index in [-0.39, 0.29) is 63.9 Å². The molecular formula is C28H49NO13. The summed E-state index contributed by atoms with van der Waals surface area (Å²) in [5, 5.41) is 11.4. The van der Waals surface area contributed by atoms with Crippen LogP contribution in [0, 0.1) is 5.92 Å². The summed E-state index contributed by atoms with van der Waals surface area (Å²) in [4.78, 5) is 59.2. The van der Waals surface area contributed by atoms with Gasteiger partial charge in [-0.15, -0.1) is 0 Å². The van der Waals surface area contributed by atoms with E-state index < -0.39 is 42.0 Å². The van der Waals surface area contributed by atoms with Crippen LogP contribution in [-0.4, -0.2) is 120 Å². The summed E-state index contributed by atoms with van der Waals surface area (Å²) >= 11 is 0. The first kappa shape index (κ1) is 39.5. The lowest BCUT2D eigenvalue weighted by atomic mass is 9.95. The number of carbonyl (C=O) groups is 5. The lowest BCUT2D eigenvalue weighted by Crippen LogP contribution is -2.32. The number of carboxylic acid groups (broad SMARTS) is 1. The normalized spacial score (nSPS) is 12.2.